The Morgan fingerprint density at radius 2 is 2.12 bits per heavy atom. The molecule has 0 radical (unpaired) electrons. The van der Waals surface area contributed by atoms with Crippen LogP contribution in [0.15, 0.2) is 24.3 Å². The number of methoxy groups -OCH3 is 1. The van der Waals surface area contributed by atoms with Crippen LogP contribution in [-0.2, 0) is 19.1 Å². The highest BCUT2D eigenvalue weighted by atomic mass is 16.6. The van der Waals surface area contributed by atoms with Crippen molar-refractivity contribution in [2.75, 3.05) is 13.7 Å². The van der Waals surface area contributed by atoms with E-state index in [1.165, 1.54) is 7.11 Å². The number of fused-ring (bicyclic) bond motifs is 1. The fraction of sp³-hybridized carbons (Fsp3) is 0.500. The zero-order chi connectivity index (χ0) is 16.8. The number of rotatable bonds is 5. The number of esters is 2. The van der Waals surface area contributed by atoms with Crippen molar-refractivity contribution in [2.45, 2.75) is 18.9 Å². The van der Waals surface area contributed by atoms with Crippen LogP contribution in [0.3, 0.4) is 0 Å². The second-order valence-corrected chi connectivity index (χ2v) is 6.69. The van der Waals surface area contributed by atoms with E-state index in [-0.39, 0.29) is 42.2 Å². The molecular weight excluding hydrogens is 312 g/mol. The van der Waals surface area contributed by atoms with Crippen molar-refractivity contribution in [2.24, 2.45) is 23.7 Å². The third kappa shape index (κ3) is 2.28. The molecule has 4 rings (SSSR count). The van der Waals surface area contributed by atoms with E-state index in [1.54, 1.807) is 24.3 Å². The molecule has 126 valence electrons. The van der Waals surface area contributed by atoms with Gasteiger partial charge < -0.3 is 14.2 Å². The van der Waals surface area contributed by atoms with Crippen LogP contribution in [0.1, 0.15) is 23.2 Å². The third-order valence-electron chi connectivity index (χ3n) is 5.49. The van der Waals surface area contributed by atoms with E-state index in [0.717, 1.165) is 12.8 Å². The Bertz CT molecular complexity index is 709. The van der Waals surface area contributed by atoms with Crippen LogP contribution in [-0.4, -0.2) is 37.5 Å². The van der Waals surface area contributed by atoms with Gasteiger partial charge in [-0.3, -0.25) is 14.4 Å². The van der Waals surface area contributed by atoms with Gasteiger partial charge in [0.2, 0.25) is 0 Å². The van der Waals surface area contributed by atoms with Crippen LogP contribution in [0.25, 0.3) is 0 Å². The standard InChI is InChI=1S/C18H18O6/c1-22-11-4-2-3-9(5-11)13(19)8-23-17(20)15-10-6-12-14(7-10)24-18(21)16(12)15/h2-5,10,12,14-16H,6-8H2,1H3/t10-,12-,14-,15+,16+/m1/s1. The smallest absolute Gasteiger partial charge is 0.310 e. The minimum Gasteiger partial charge on any atom is -0.497 e. The van der Waals surface area contributed by atoms with Gasteiger partial charge in [-0.15, -0.1) is 0 Å². The van der Waals surface area contributed by atoms with Crippen LogP contribution in [0.2, 0.25) is 0 Å². The number of carbonyl (C=O) groups excluding carboxylic acids is 3. The van der Waals surface area contributed by atoms with Crippen LogP contribution >= 0.6 is 0 Å². The summed E-state index contributed by atoms with van der Waals surface area (Å²) in [6.07, 6.45) is 1.55. The lowest BCUT2D eigenvalue weighted by atomic mass is 9.80. The van der Waals surface area contributed by atoms with E-state index >= 15 is 0 Å². The fourth-order valence-corrected chi connectivity index (χ4v) is 4.44. The summed E-state index contributed by atoms with van der Waals surface area (Å²) < 4.78 is 15.6. The maximum Gasteiger partial charge on any atom is 0.310 e. The lowest BCUT2D eigenvalue weighted by molar-refractivity contribution is -0.154. The summed E-state index contributed by atoms with van der Waals surface area (Å²) in [6.45, 7) is -0.328. The van der Waals surface area contributed by atoms with Gasteiger partial charge in [0.15, 0.2) is 12.4 Å². The number of Topliss-reactive ketones (excluding diaryl/α,β-unsaturated/α-hetero) is 1. The third-order valence-corrected chi connectivity index (χ3v) is 5.49. The maximum atomic E-state index is 12.4. The second kappa shape index (κ2) is 5.61. The van der Waals surface area contributed by atoms with E-state index in [0.29, 0.717) is 11.3 Å². The van der Waals surface area contributed by atoms with Gasteiger partial charge in [0.1, 0.15) is 11.9 Å². The second-order valence-electron chi connectivity index (χ2n) is 6.69. The number of hydrogen-bond donors (Lipinski definition) is 0. The van der Waals surface area contributed by atoms with Gasteiger partial charge in [0.05, 0.1) is 18.9 Å². The van der Waals surface area contributed by atoms with Gasteiger partial charge >= 0.3 is 11.9 Å². The number of carbonyl (C=O) groups is 3. The lowest BCUT2D eigenvalue weighted by Gasteiger charge is -2.22. The Kier molecular flexibility index (Phi) is 3.55. The molecule has 1 aromatic carbocycles. The number of ketones is 1. The molecule has 1 heterocycles. The minimum absolute atomic E-state index is 0.0186. The summed E-state index contributed by atoms with van der Waals surface area (Å²) in [5, 5.41) is 0. The molecule has 2 saturated carbocycles. The molecule has 3 aliphatic rings. The Balaban J connectivity index is 1.40. The van der Waals surface area contributed by atoms with Crippen molar-refractivity contribution < 1.29 is 28.6 Å². The first-order chi connectivity index (χ1) is 11.6. The van der Waals surface area contributed by atoms with Crippen LogP contribution in [0.5, 0.6) is 5.75 Å². The average Bonchev–Trinajstić information content (AvgIpc) is 3.21. The van der Waals surface area contributed by atoms with E-state index in [1.807, 2.05) is 0 Å². The number of benzene rings is 1. The zero-order valence-corrected chi connectivity index (χ0v) is 13.3. The van der Waals surface area contributed by atoms with Gasteiger partial charge in [-0.1, -0.05) is 12.1 Å². The average molecular weight is 330 g/mol. The first-order valence-electron chi connectivity index (χ1n) is 8.13. The molecule has 0 amide bonds. The minimum atomic E-state index is -0.459. The van der Waals surface area contributed by atoms with Crippen molar-refractivity contribution in [3.05, 3.63) is 29.8 Å². The number of ether oxygens (including phenoxy) is 3. The molecule has 6 nitrogen and oxygen atoms in total. The summed E-state index contributed by atoms with van der Waals surface area (Å²) >= 11 is 0. The molecule has 24 heavy (non-hydrogen) atoms. The summed E-state index contributed by atoms with van der Waals surface area (Å²) in [7, 11) is 1.52. The molecule has 1 saturated heterocycles. The van der Waals surface area contributed by atoms with E-state index in [4.69, 9.17) is 14.2 Å². The molecule has 6 heteroatoms. The zero-order valence-electron chi connectivity index (χ0n) is 13.3. The van der Waals surface area contributed by atoms with Crippen molar-refractivity contribution >= 4 is 17.7 Å². The van der Waals surface area contributed by atoms with Gasteiger partial charge in [0.25, 0.3) is 0 Å². The molecule has 1 aromatic rings. The normalized spacial score (nSPS) is 32.5. The van der Waals surface area contributed by atoms with Crippen LogP contribution in [0.4, 0.5) is 0 Å². The predicted octanol–water partition coefficient (Wildman–Crippen LogP) is 1.62. The highest BCUT2D eigenvalue weighted by molar-refractivity contribution is 5.98. The van der Waals surface area contributed by atoms with Crippen LogP contribution < -0.4 is 4.74 Å². The Labute approximate surface area is 139 Å². The molecular formula is C18H18O6. The SMILES string of the molecule is COc1cccc(C(=O)COC(=O)[C@H]2[C@@H]3C[C@H]4[C@@H]2C(=O)O[C@@H]4C3)c1. The maximum absolute atomic E-state index is 12.4. The van der Waals surface area contributed by atoms with Crippen LogP contribution in [0, 0.1) is 23.7 Å². The fourth-order valence-electron chi connectivity index (χ4n) is 4.44. The Morgan fingerprint density at radius 1 is 1.29 bits per heavy atom. The van der Waals surface area contributed by atoms with E-state index in [2.05, 4.69) is 0 Å². The number of hydrogen-bond acceptors (Lipinski definition) is 6. The summed E-state index contributed by atoms with van der Waals surface area (Å²) in [5.41, 5.74) is 0.426. The summed E-state index contributed by atoms with van der Waals surface area (Å²) in [6, 6.07) is 6.69. The topological polar surface area (TPSA) is 78.9 Å². The first-order valence-corrected chi connectivity index (χ1v) is 8.13. The molecule has 3 fully saturated rings. The molecule has 1 aliphatic heterocycles. The first kappa shape index (κ1) is 15.2. The largest absolute Gasteiger partial charge is 0.497 e. The van der Waals surface area contributed by atoms with Gasteiger partial charge in [-0.25, -0.2) is 0 Å². The molecule has 0 spiro atoms. The lowest BCUT2D eigenvalue weighted by Crippen LogP contribution is -2.34. The quantitative estimate of drug-likeness (QED) is 0.603. The van der Waals surface area contributed by atoms with Gasteiger partial charge in [-0.2, -0.15) is 0 Å². The monoisotopic (exact) mass is 330 g/mol. The van der Waals surface area contributed by atoms with E-state index < -0.39 is 11.9 Å². The highest BCUT2D eigenvalue weighted by Crippen LogP contribution is 2.57. The molecule has 0 unspecified atom stereocenters. The van der Waals surface area contributed by atoms with Crippen molar-refractivity contribution in [1.29, 1.82) is 0 Å². The summed E-state index contributed by atoms with van der Waals surface area (Å²) in [5.74, 6) is -1.03. The molecule has 5 atom stereocenters. The Morgan fingerprint density at radius 3 is 2.92 bits per heavy atom. The molecule has 0 aromatic heterocycles. The summed E-state index contributed by atoms with van der Waals surface area (Å²) in [4.78, 5) is 36.5. The van der Waals surface area contributed by atoms with Crippen molar-refractivity contribution in [1.82, 2.24) is 0 Å². The van der Waals surface area contributed by atoms with Crippen molar-refractivity contribution in [3.63, 3.8) is 0 Å². The molecule has 0 N–H and O–H groups in total. The van der Waals surface area contributed by atoms with Crippen molar-refractivity contribution in [3.8, 4) is 5.75 Å². The molecule has 2 aliphatic carbocycles. The Hall–Kier alpha value is -2.37. The van der Waals surface area contributed by atoms with E-state index in [9.17, 15) is 14.4 Å². The van der Waals surface area contributed by atoms with Gasteiger partial charge in [0, 0.05) is 11.5 Å². The highest BCUT2D eigenvalue weighted by Gasteiger charge is 2.64. The predicted molar refractivity (Wildman–Crippen MR) is 81.4 cm³/mol. The van der Waals surface area contributed by atoms with Gasteiger partial charge in [-0.05, 0) is 30.9 Å². The molecule has 2 bridgehead atoms.